The van der Waals surface area contributed by atoms with Crippen molar-refractivity contribution in [1.82, 2.24) is 0 Å². The average molecular weight is 663 g/mol. The molecular formula is C37H42O9S. The SMILES string of the molecule is CCOS(=O)(=O)C[C@]1(O)O[C@H](COCc2ccccc2)[C@@H](OCc2ccccc2)[C@H](OCc2ccccc2)[C@H]1OCc1ccccc1. The number of benzene rings is 4. The molecule has 0 radical (unpaired) electrons. The predicted molar refractivity (Wildman–Crippen MR) is 176 cm³/mol. The molecule has 4 aromatic carbocycles. The number of hydrogen-bond acceptors (Lipinski definition) is 9. The monoisotopic (exact) mass is 662 g/mol. The molecule has 47 heavy (non-hydrogen) atoms. The maximum atomic E-state index is 13.1. The summed E-state index contributed by atoms with van der Waals surface area (Å²) in [5, 5.41) is 12.2. The quantitative estimate of drug-likeness (QED) is 0.148. The minimum atomic E-state index is -4.25. The van der Waals surface area contributed by atoms with Crippen molar-refractivity contribution in [2.24, 2.45) is 0 Å². The van der Waals surface area contributed by atoms with Crippen LogP contribution in [0.2, 0.25) is 0 Å². The molecule has 0 unspecified atom stereocenters. The molecule has 250 valence electrons. The Kier molecular flexibility index (Phi) is 12.7. The number of rotatable bonds is 17. The highest BCUT2D eigenvalue weighted by molar-refractivity contribution is 7.86. The molecule has 1 aliphatic rings. The van der Waals surface area contributed by atoms with E-state index in [4.69, 9.17) is 27.9 Å². The summed E-state index contributed by atoms with van der Waals surface area (Å²) in [6.45, 7) is 2.11. The topological polar surface area (TPSA) is 110 Å². The van der Waals surface area contributed by atoms with Crippen LogP contribution >= 0.6 is 0 Å². The van der Waals surface area contributed by atoms with Gasteiger partial charge in [-0.1, -0.05) is 121 Å². The third-order valence-electron chi connectivity index (χ3n) is 7.71. The van der Waals surface area contributed by atoms with Crippen molar-refractivity contribution in [2.75, 3.05) is 19.0 Å². The van der Waals surface area contributed by atoms with Crippen LogP contribution in [0, 0.1) is 0 Å². The maximum absolute atomic E-state index is 13.1. The molecule has 5 atom stereocenters. The van der Waals surface area contributed by atoms with Gasteiger partial charge in [-0.3, -0.25) is 4.18 Å². The standard InChI is InChI=1S/C37H42O9S/c1-2-45-47(39,40)28-37(38)36(44-26-32-21-13-6-14-22-32)35(43-25-31-19-11-5-12-20-31)34(42-24-30-17-9-4-10-18-30)33(46-37)27-41-23-29-15-7-3-8-16-29/h3-22,33-36,38H,2,23-28H2,1H3/t33-,34-,35+,36-,37+/m1/s1. The van der Waals surface area contributed by atoms with Crippen LogP contribution in [0.4, 0.5) is 0 Å². The maximum Gasteiger partial charge on any atom is 0.272 e. The normalized spacial score (nSPS) is 23.0. The molecule has 0 saturated carbocycles. The Morgan fingerprint density at radius 2 is 1.06 bits per heavy atom. The molecule has 1 N–H and O–H groups in total. The van der Waals surface area contributed by atoms with Gasteiger partial charge < -0.3 is 28.8 Å². The lowest BCUT2D eigenvalue weighted by Gasteiger charge is -2.50. The highest BCUT2D eigenvalue weighted by Crippen LogP contribution is 2.37. The third-order valence-corrected chi connectivity index (χ3v) is 9.07. The summed E-state index contributed by atoms with van der Waals surface area (Å²) < 4.78 is 63.1. The van der Waals surface area contributed by atoms with Gasteiger partial charge in [0.2, 0.25) is 5.79 Å². The van der Waals surface area contributed by atoms with Gasteiger partial charge in [0.05, 0.1) is 39.6 Å². The van der Waals surface area contributed by atoms with Gasteiger partial charge in [-0.25, -0.2) is 0 Å². The van der Waals surface area contributed by atoms with E-state index < -0.39 is 46.1 Å². The zero-order valence-corrected chi connectivity index (χ0v) is 27.2. The number of ether oxygens (including phenoxy) is 5. The molecular weight excluding hydrogens is 620 g/mol. The van der Waals surface area contributed by atoms with Gasteiger partial charge in [0.1, 0.15) is 30.2 Å². The van der Waals surface area contributed by atoms with Gasteiger partial charge in [0.25, 0.3) is 10.1 Å². The molecule has 0 bridgehead atoms. The van der Waals surface area contributed by atoms with Crippen molar-refractivity contribution in [3.05, 3.63) is 144 Å². The lowest BCUT2D eigenvalue weighted by atomic mass is 9.92. The van der Waals surface area contributed by atoms with Crippen LogP contribution in [-0.2, 0) is 64.4 Å². The number of aliphatic hydroxyl groups is 1. The van der Waals surface area contributed by atoms with Gasteiger partial charge in [0.15, 0.2) is 0 Å². The Labute approximate surface area is 277 Å². The van der Waals surface area contributed by atoms with E-state index in [0.717, 1.165) is 22.3 Å². The first-order valence-corrected chi connectivity index (χ1v) is 17.3. The summed E-state index contributed by atoms with van der Waals surface area (Å²) in [6, 6.07) is 38.2. The summed E-state index contributed by atoms with van der Waals surface area (Å²) >= 11 is 0. The molecule has 4 aromatic rings. The first-order chi connectivity index (χ1) is 22.9. The van der Waals surface area contributed by atoms with Gasteiger partial charge in [-0.2, -0.15) is 8.42 Å². The molecule has 0 aromatic heterocycles. The summed E-state index contributed by atoms with van der Waals surface area (Å²) in [7, 11) is -4.25. The van der Waals surface area contributed by atoms with Crippen molar-refractivity contribution >= 4 is 10.1 Å². The summed E-state index contributed by atoms with van der Waals surface area (Å²) in [6.07, 6.45) is -4.05. The lowest BCUT2D eigenvalue weighted by Crippen LogP contribution is -2.69. The second-order valence-corrected chi connectivity index (χ2v) is 13.0. The zero-order chi connectivity index (χ0) is 33.0. The van der Waals surface area contributed by atoms with Crippen LogP contribution in [0.1, 0.15) is 29.2 Å². The first-order valence-electron chi connectivity index (χ1n) is 15.7. The molecule has 0 spiro atoms. The van der Waals surface area contributed by atoms with E-state index in [1.54, 1.807) is 6.92 Å². The minimum absolute atomic E-state index is 0.0258. The van der Waals surface area contributed by atoms with E-state index in [1.165, 1.54) is 0 Å². The highest BCUT2D eigenvalue weighted by atomic mass is 32.2. The van der Waals surface area contributed by atoms with Gasteiger partial charge in [-0.05, 0) is 29.2 Å². The van der Waals surface area contributed by atoms with Crippen LogP contribution in [0.15, 0.2) is 121 Å². The summed E-state index contributed by atoms with van der Waals surface area (Å²) in [5.74, 6) is -3.27. The van der Waals surface area contributed by atoms with Crippen LogP contribution in [0.3, 0.4) is 0 Å². The minimum Gasteiger partial charge on any atom is -0.374 e. The smallest absolute Gasteiger partial charge is 0.272 e. The van der Waals surface area contributed by atoms with E-state index >= 15 is 0 Å². The van der Waals surface area contributed by atoms with Crippen molar-refractivity contribution < 1.29 is 41.4 Å². The van der Waals surface area contributed by atoms with Crippen LogP contribution < -0.4 is 0 Å². The molecule has 1 fully saturated rings. The van der Waals surface area contributed by atoms with Gasteiger partial charge >= 0.3 is 0 Å². The Balaban J connectivity index is 1.50. The first kappa shape index (κ1) is 34.9. The predicted octanol–water partition coefficient (Wildman–Crippen LogP) is 5.41. The average Bonchev–Trinajstić information content (AvgIpc) is 3.08. The molecule has 0 aliphatic carbocycles. The van der Waals surface area contributed by atoms with Crippen molar-refractivity contribution in [1.29, 1.82) is 0 Å². The molecule has 10 heteroatoms. The Morgan fingerprint density at radius 1 is 0.638 bits per heavy atom. The van der Waals surface area contributed by atoms with Gasteiger partial charge in [0, 0.05) is 0 Å². The number of hydrogen-bond donors (Lipinski definition) is 1. The third kappa shape index (κ3) is 10.3. The molecule has 5 rings (SSSR count). The Bertz CT molecular complexity index is 1570. The van der Waals surface area contributed by atoms with Crippen LogP contribution in [0.5, 0.6) is 0 Å². The van der Waals surface area contributed by atoms with E-state index in [1.807, 2.05) is 121 Å². The molecule has 0 amide bonds. The molecule has 1 aliphatic heterocycles. The molecule has 9 nitrogen and oxygen atoms in total. The fourth-order valence-electron chi connectivity index (χ4n) is 5.53. The van der Waals surface area contributed by atoms with E-state index in [2.05, 4.69) is 0 Å². The van der Waals surface area contributed by atoms with E-state index in [0.29, 0.717) is 0 Å². The van der Waals surface area contributed by atoms with Crippen molar-refractivity contribution in [2.45, 2.75) is 63.6 Å². The summed E-state index contributed by atoms with van der Waals surface area (Å²) in [4.78, 5) is 0. The Morgan fingerprint density at radius 3 is 1.53 bits per heavy atom. The Hall–Kier alpha value is -3.45. The molecule has 1 saturated heterocycles. The second kappa shape index (κ2) is 17.1. The zero-order valence-electron chi connectivity index (χ0n) is 26.4. The fourth-order valence-corrected chi connectivity index (χ4v) is 6.71. The largest absolute Gasteiger partial charge is 0.374 e. The highest BCUT2D eigenvalue weighted by Gasteiger charge is 2.58. The van der Waals surface area contributed by atoms with Crippen LogP contribution in [0.25, 0.3) is 0 Å². The lowest BCUT2D eigenvalue weighted by molar-refractivity contribution is -0.362. The second-order valence-electron chi connectivity index (χ2n) is 11.4. The fraction of sp³-hybridized carbons (Fsp3) is 0.351. The van der Waals surface area contributed by atoms with Crippen molar-refractivity contribution in [3.8, 4) is 0 Å². The summed E-state index contributed by atoms with van der Waals surface area (Å²) in [5.41, 5.74) is 3.56. The molecule has 1 heterocycles. The van der Waals surface area contributed by atoms with E-state index in [9.17, 15) is 13.5 Å². The van der Waals surface area contributed by atoms with E-state index in [-0.39, 0.29) is 39.6 Å². The van der Waals surface area contributed by atoms with Crippen LogP contribution in [-0.4, -0.2) is 62.7 Å². The van der Waals surface area contributed by atoms with Gasteiger partial charge in [-0.15, -0.1) is 0 Å². The van der Waals surface area contributed by atoms with Crippen molar-refractivity contribution in [3.63, 3.8) is 0 Å².